The monoisotopic (exact) mass is 649 g/mol. The van der Waals surface area contributed by atoms with Gasteiger partial charge in [-0.3, -0.25) is 4.79 Å². The number of hydrogen-bond acceptors (Lipinski definition) is 7. The summed E-state index contributed by atoms with van der Waals surface area (Å²) in [7, 11) is 3.83. The topological polar surface area (TPSA) is 112 Å². The molecule has 0 saturated carbocycles. The summed E-state index contributed by atoms with van der Waals surface area (Å²) in [5.74, 6) is -0.801. The predicted octanol–water partition coefficient (Wildman–Crippen LogP) is 7.11. The molecule has 0 unspecified atom stereocenters. The molecule has 5 aromatic rings. The van der Waals surface area contributed by atoms with Crippen molar-refractivity contribution in [1.29, 1.82) is 0 Å². The van der Waals surface area contributed by atoms with Crippen LogP contribution in [0.4, 0.5) is 36.7 Å². The van der Waals surface area contributed by atoms with E-state index < -0.39 is 23.4 Å². The summed E-state index contributed by atoms with van der Waals surface area (Å²) >= 11 is 0. The Balaban J connectivity index is 1.38. The highest BCUT2D eigenvalue weighted by Gasteiger charge is 2.34. The number of hydrogen-bond donors (Lipinski definition) is 3. The summed E-state index contributed by atoms with van der Waals surface area (Å²) in [6, 6.07) is 24.2. The van der Waals surface area contributed by atoms with Gasteiger partial charge in [0.25, 0.3) is 5.91 Å². The number of halogens is 2. The molecule has 1 aliphatic rings. The van der Waals surface area contributed by atoms with Gasteiger partial charge < -0.3 is 25.6 Å². The van der Waals surface area contributed by atoms with E-state index >= 15 is 8.78 Å². The van der Waals surface area contributed by atoms with Crippen LogP contribution in [0.2, 0.25) is 0 Å². The van der Waals surface area contributed by atoms with E-state index in [9.17, 15) is 9.59 Å². The van der Waals surface area contributed by atoms with Crippen molar-refractivity contribution < 1.29 is 23.1 Å². The SMILES string of the molecule is Cc1ccc(C(=O)Nc2cccc(Oc3ccccc3)c2)cc1-c1nc(NCCN(C)C)nc2c1CNC(=O)N2c1c(F)cccc1F. The van der Waals surface area contributed by atoms with Crippen molar-refractivity contribution in [2.24, 2.45) is 0 Å². The number of anilines is 4. The number of amides is 3. The van der Waals surface area contributed by atoms with Crippen molar-refractivity contribution in [3.05, 3.63) is 119 Å². The molecular formula is C36H33F2N7O3. The maximum atomic E-state index is 15.1. The Hall–Kier alpha value is -5.88. The van der Waals surface area contributed by atoms with Gasteiger partial charge in [-0.25, -0.2) is 23.5 Å². The van der Waals surface area contributed by atoms with Gasteiger partial charge in [-0.15, -0.1) is 0 Å². The molecule has 0 radical (unpaired) electrons. The number of fused-ring (bicyclic) bond motifs is 1. The molecular weight excluding hydrogens is 616 g/mol. The van der Waals surface area contributed by atoms with Crippen LogP contribution in [-0.4, -0.2) is 54.0 Å². The Bertz CT molecular complexity index is 1970. The number of rotatable bonds is 10. The largest absolute Gasteiger partial charge is 0.457 e. The minimum atomic E-state index is -0.923. The van der Waals surface area contributed by atoms with Gasteiger partial charge in [-0.1, -0.05) is 36.4 Å². The molecule has 10 nitrogen and oxygen atoms in total. The lowest BCUT2D eigenvalue weighted by Crippen LogP contribution is -2.43. The van der Waals surface area contributed by atoms with Gasteiger partial charge in [0, 0.05) is 41.5 Å². The molecule has 0 spiro atoms. The molecule has 3 N–H and O–H groups in total. The highest BCUT2D eigenvalue weighted by molar-refractivity contribution is 6.06. The zero-order valence-electron chi connectivity index (χ0n) is 26.6. The number of para-hydroxylation sites is 2. The summed E-state index contributed by atoms with van der Waals surface area (Å²) in [6.07, 6.45) is 0. The van der Waals surface area contributed by atoms with E-state index in [4.69, 9.17) is 9.72 Å². The highest BCUT2D eigenvalue weighted by atomic mass is 19.1. The number of carbonyl (C=O) groups is 2. The second-order valence-corrected chi connectivity index (χ2v) is 11.4. The van der Waals surface area contributed by atoms with Crippen molar-refractivity contribution in [3.63, 3.8) is 0 Å². The third kappa shape index (κ3) is 6.93. The van der Waals surface area contributed by atoms with Crippen LogP contribution in [0.15, 0.2) is 91.0 Å². The van der Waals surface area contributed by atoms with E-state index in [1.54, 1.807) is 42.5 Å². The lowest BCUT2D eigenvalue weighted by Gasteiger charge is -2.31. The van der Waals surface area contributed by atoms with E-state index in [2.05, 4.69) is 20.9 Å². The summed E-state index contributed by atoms with van der Waals surface area (Å²) in [6.45, 7) is 2.97. The molecule has 1 aliphatic heterocycles. The fourth-order valence-electron chi connectivity index (χ4n) is 5.25. The molecule has 12 heteroatoms. The fourth-order valence-corrected chi connectivity index (χ4v) is 5.25. The quantitative estimate of drug-likeness (QED) is 0.148. The highest BCUT2D eigenvalue weighted by Crippen LogP contribution is 2.39. The lowest BCUT2D eigenvalue weighted by atomic mass is 9.97. The fraction of sp³-hybridized carbons (Fsp3) is 0.167. The standard InChI is InChI=1S/C36H33F2N7O3/c1-22-15-16-23(34(46)41-24-9-7-12-26(20-24)48-25-10-5-4-6-11-25)19-27(22)31-28-21-40-36(47)45(32-29(37)13-8-14-30(32)38)33(28)43-35(42-31)39-17-18-44(2)3/h4-16,19-20H,17-18,21H2,1-3H3,(H,40,47)(H,41,46)(H,39,42,43). The molecule has 0 saturated heterocycles. The molecule has 0 atom stereocenters. The van der Waals surface area contributed by atoms with Gasteiger partial charge in [0.1, 0.15) is 28.8 Å². The van der Waals surface area contributed by atoms with Gasteiger partial charge in [-0.2, -0.15) is 4.98 Å². The molecule has 0 bridgehead atoms. The average Bonchev–Trinajstić information content (AvgIpc) is 3.06. The number of benzene rings is 4. The Morgan fingerprint density at radius 1 is 0.938 bits per heavy atom. The summed E-state index contributed by atoms with van der Waals surface area (Å²) in [5, 5.41) is 8.78. The van der Waals surface area contributed by atoms with Gasteiger partial charge in [0.15, 0.2) is 5.82 Å². The molecule has 48 heavy (non-hydrogen) atoms. The van der Waals surface area contributed by atoms with Crippen LogP contribution in [0.25, 0.3) is 11.3 Å². The van der Waals surface area contributed by atoms with Crippen molar-refractivity contribution >= 4 is 35.1 Å². The van der Waals surface area contributed by atoms with Crippen LogP contribution in [0.1, 0.15) is 21.5 Å². The Kier molecular flexibility index (Phi) is 9.26. The van der Waals surface area contributed by atoms with Gasteiger partial charge in [0.2, 0.25) is 5.95 Å². The Morgan fingerprint density at radius 2 is 1.67 bits per heavy atom. The molecule has 244 valence electrons. The maximum Gasteiger partial charge on any atom is 0.328 e. The Morgan fingerprint density at radius 3 is 2.42 bits per heavy atom. The number of ether oxygens (including phenoxy) is 1. The molecule has 0 aliphatic carbocycles. The zero-order valence-corrected chi connectivity index (χ0v) is 26.6. The predicted molar refractivity (Wildman–Crippen MR) is 181 cm³/mol. The first kappa shape index (κ1) is 32.1. The molecule has 0 fully saturated rings. The van der Waals surface area contributed by atoms with E-state index in [0.717, 1.165) is 22.6 Å². The third-order valence-electron chi connectivity index (χ3n) is 7.65. The van der Waals surface area contributed by atoms with Gasteiger partial charge in [0.05, 0.1) is 12.2 Å². The lowest BCUT2D eigenvalue weighted by molar-refractivity contribution is 0.102. The zero-order chi connectivity index (χ0) is 33.8. The summed E-state index contributed by atoms with van der Waals surface area (Å²) in [5.41, 5.74) is 2.53. The maximum absolute atomic E-state index is 15.1. The second kappa shape index (κ2) is 13.9. The van der Waals surface area contributed by atoms with Crippen molar-refractivity contribution in [2.45, 2.75) is 13.5 Å². The molecule has 6 rings (SSSR count). The van der Waals surface area contributed by atoms with Crippen LogP contribution in [0.5, 0.6) is 11.5 Å². The number of likely N-dealkylation sites (N-methyl/N-ethyl adjacent to an activating group) is 1. The minimum absolute atomic E-state index is 0.00187. The summed E-state index contributed by atoms with van der Waals surface area (Å²) in [4.78, 5) is 38.9. The van der Waals surface area contributed by atoms with Crippen LogP contribution < -0.4 is 25.6 Å². The van der Waals surface area contributed by atoms with Crippen molar-refractivity contribution in [2.75, 3.05) is 42.7 Å². The van der Waals surface area contributed by atoms with Crippen molar-refractivity contribution in [3.8, 4) is 22.8 Å². The number of nitrogens with zero attached hydrogens (tertiary/aromatic N) is 4. The Labute approximate surface area is 276 Å². The van der Waals surface area contributed by atoms with Gasteiger partial charge in [-0.05, 0) is 75.1 Å². The van der Waals surface area contributed by atoms with E-state index in [1.165, 1.54) is 6.07 Å². The van der Waals surface area contributed by atoms with Gasteiger partial charge >= 0.3 is 6.03 Å². The minimum Gasteiger partial charge on any atom is -0.457 e. The van der Waals surface area contributed by atoms with Crippen LogP contribution in [0.3, 0.4) is 0 Å². The molecule has 2 heterocycles. The smallest absolute Gasteiger partial charge is 0.328 e. The molecule has 3 amide bonds. The van der Waals surface area contributed by atoms with Crippen LogP contribution in [0, 0.1) is 18.6 Å². The van der Waals surface area contributed by atoms with E-state index in [0.29, 0.717) is 52.7 Å². The number of aromatic nitrogens is 2. The van der Waals surface area contributed by atoms with Crippen molar-refractivity contribution in [1.82, 2.24) is 20.2 Å². The average molecular weight is 650 g/mol. The van der Waals surface area contributed by atoms with E-state index in [-0.39, 0.29) is 24.2 Å². The first-order valence-corrected chi connectivity index (χ1v) is 15.2. The van der Waals surface area contributed by atoms with E-state index in [1.807, 2.05) is 56.3 Å². The molecule has 4 aromatic carbocycles. The first-order chi connectivity index (χ1) is 23.2. The second-order valence-electron chi connectivity index (χ2n) is 11.4. The van der Waals surface area contributed by atoms with Crippen LogP contribution >= 0.6 is 0 Å². The number of nitrogens with one attached hydrogen (secondary N) is 3. The number of urea groups is 1. The molecule has 1 aromatic heterocycles. The first-order valence-electron chi connectivity index (χ1n) is 15.2. The normalized spacial score (nSPS) is 12.4. The summed E-state index contributed by atoms with van der Waals surface area (Å²) < 4.78 is 36.0. The number of carbonyl (C=O) groups excluding carboxylic acids is 2. The third-order valence-corrected chi connectivity index (χ3v) is 7.65. The number of aryl methyl sites for hydroxylation is 1. The van der Waals surface area contributed by atoms with Crippen LogP contribution in [-0.2, 0) is 6.54 Å².